The van der Waals surface area contributed by atoms with Gasteiger partial charge >= 0.3 is 29.8 Å². The second-order valence-electron chi connectivity index (χ2n) is 7.98. The van der Waals surface area contributed by atoms with Crippen molar-refractivity contribution in [3.8, 4) is 0 Å². The molecule has 194 valence electrons. The minimum Gasteiger partial charge on any atom is -0.462 e. The number of hydrogen-bond acceptors (Lipinski definition) is 13. The van der Waals surface area contributed by atoms with E-state index in [0.717, 1.165) is 34.6 Å². The van der Waals surface area contributed by atoms with Crippen molar-refractivity contribution in [3.63, 3.8) is 0 Å². The highest BCUT2D eigenvalue weighted by Crippen LogP contribution is 2.41. The highest BCUT2D eigenvalue weighted by Gasteiger charge is 2.61. The van der Waals surface area contributed by atoms with Crippen LogP contribution in [0.5, 0.6) is 0 Å². The predicted octanol–water partition coefficient (Wildman–Crippen LogP) is -0.125. The third-order valence-electron chi connectivity index (χ3n) is 5.23. The summed E-state index contributed by atoms with van der Waals surface area (Å²) in [6.45, 7) is 4.55. The summed E-state index contributed by atoms with van der Waals surface area (Å²) in [5.41, 5.74) is 0. The second kappa shape index (κ2) is 11.7. The third-order valence-corrected chi connectivity index (χ3v) is 5.23. The number of ether oxygens (including phenoxy) is 6. The Morgan fingerprint density at radius 2 is 1.31 bits per heavy atom. The number of esters is 5. The van der Waals surface area contributed by atoms with E-state index in [9.17, 15) is 34.1 Å². The first-order valence-corrected chi connectivity index (χ1v) is 10.6. The topological polar surface area (TPSA) is 184 Å². The molecule has 0 aliphatic carbocycles. The highest BCUT2D eigenvalue weighted by molar-refractivity contribution is 5.69. The fourth-order valence-corrected chi connectivity index (χ4v) is 4.18. The van der Waals surface area contributed by atoms with Gasteiger partial charge in [-0.1, -0.05) is 12.2 Å². The summed E-state index contributed by atoms with van der Waals surface area (Å²) >= 11 is 0. The first-order chi connectivity index (χ1) is 16.3. The molecule has 0 spiro atoms. The van der Waals surface area contributed by atoms with Crippen LogP contribution in [0.15, 0.2) is 12.2 Å². The van der Waals surface area contributed by atoms with Gasteiger partial charge in [0.2, 0.25) is 0 Å². The molecule has 0 saturated carbocycles. The molecule has 0 amide bonds. The maximum atomic E-state index is 12.1. The monoisotopic (exact) mass is 501 g/mol. The molecule has 14 nitrogen and oxygen atoms in total. The molecule has 2 heterocycles. The van der Waals surface area contributed by atoms with Gasteiger partial charge in [-0.15, -0.1) is 0 Å². The smallest absolute Gasteiger partial charge is 0.303 e. The van der Waals surface area contributed by atoms with Crippen LogP contribution >= 0.6 is 0 Å². The fraction of sp³-hybridized carbons (Fsp3) is 0.667. The van der Waals surface area contributed by atoms with E-state index in [0.29, 0.717) is 0 Å². The van der Waals surface area contributed by atoms with Gasteiger partial charge in [0.15, 0.2) is 24.4 Å². The Labute approximate surface area is 199 Å². The van der Waals surface area contributed by atoms with Crippen LogP contribution < -0.4 is 0 Å². The summed E-state index contributed by atoms with van der Waals surface area (Å²) in [6.07, 6.45) is -5.28. The van der Waals surface area contributed by atoms with Crippen molar-refractivity contribution in [2.24, 2.45) is 5.92 Å². The number of rotatable bonds is 11. The standard InChI is InChI=1S/C21H27NO13/c1-9(23)30-8-16(31-10(2)24)19(32-11(3)25)21(34-13(5)27)20(33-12(4)26)17-14-6-7-15(35-14)18(17)22(28)29/h6-7,14-21H,8H2,1-5H3/t14-,15+,16-,17+,18+,19+,20+,21+/m1/s1. The van der Waals surface area contributed by atoms with Gasteiger partial charge in [-0.2, -0.15) is 0 Å². The predicted molar refractivity (Wildman–Crippen MR) is 111 cm³/mol. The molecule has 2 aliphatic rings. The number of hydrogen-bond donors (Lipinski definition) is 0. The Bertz CT molecular complexity index is 900. The van der Waals surface area contributed by atoms with Crippen LogP contribution in [-0.4, -0.2) is 84.0 Å². The summed E-state index contributed by atoms with van der Waals surface area (Å²) < 4.78 is 31.8. The van der Waals surface area contributed by atoms with Crippen molar-refractivity contribution < 1.29 is 57.3 Å². The highest BCUT2D eigenvalue weighted by atomic mass is 16.7. The van der Waals surface area contributed by atoms with E-state index in [1.165, 1.54) is 6.08 Å². The summed E-state index contributed by atoms with van der Waals surface area (Å²) in [7, 11) is 0. The van der Waals surface area contributed by atoms with E-state index in [2.05, 4.69) is 0 Å². The zero-order valence-electron chi connectivity index (χ0n) is 19.7. The van der Waals surface area contributed by atoms with Crippen molar-refractivity contribution >= 4 is 29.8 Å². The van der Waals surface area contributed by atoms with Crippen molar-refractivity contribution in [1.82, 2.24) is 0 Å². The molecule has 35 heavy (non-hydrogen) atoms. The summed E-state index contributed by atoms with van der Waals surface area (Å²) in [4.78, 5) is 70.5. The molecule has 0 radical (unpaired) electrons. The molecule has 14 heteroatoms. The molecular weight excluding hydrogens is 474 g/mol. The summed E-state index contributed by atoms with van der Waals surface area (Å²) in [5, 5.41) is 11.9. The molecule has 0 unspecified atom stereocenters. The molecule has 1 saturated heterocycles. The van der Waals surface area contributed by atoms with E-state index >= 15 is 0 Å². The van der Waals surface area contributed by atoms with Crippen LogP contribution in [0, 0.1) is 16.0 Å². The lowest BCUT2D eigenvalue weighted by Gasteiger charge is -2.38. The number of carbonyl (C=O) groups excluding carboxylic acids is 5. The molecule has 8 atom stereocenters. The van der Waals surface area contributed by atoms with Gasteiger partial charge in [0.1, 0.15) is 18.6 Å². The van der Waals surface area contributed by atoms with Crippen molar-refractivity contribution in [2.75, 3.05) is 6.61 Å². The van der Waals surface area contributed by atoms with Gasteiger partial charge in [0.25, 0.3) is 6.04 Å². The van der Waals surface area contributed by atoms with Crippen LogP contribution in [0.4, 0.5) is 0 Å². The Hall–Kier alpha value is -3.55. The average Bonchev–Trinajstić information content (AvgIpc) is 3.32. The molecule has 0 aromatic carbocycles. The van der Waals surface area contributed by atoms with Crippen LogP contribution in [-0.2, 0) is 52.4 Å². The van der Waals surface area contributed by atoms with Gasteiger partial charge in [-0.25, -0.2) is 0 Å². The minimum atomic E-state index is -1.70. The van der Waals surface area contributed by atoms with Gasteiger partial charge in [0, 0.05) is 39.5 Å². The Balaban J connectivity index is 2.61. The van der Waals surface area contributed by atoms with E-state index in [4.69, 9.17) is 28.4 Å². The number of nitrogens with zero attached hydrogens (tertiary/aromatic N) is 1. The average molecular weight is 501 g/mol. The van der Waals surface area contributed by atoms with Gasteiger partial charge in [-0.3, -0.25) is 34.1 Å². The maximum absolute atomic E-state index is 12.1. The molecule has 2 bridgehead atoms. The first kappa shape index (κ1) is 27.7. The molecule has 2 rings (SSSR count). The van der Waals surface area contributed by atoms with Gasteiger partial charge in [0.05, 0.1) is 6.10 Å². The largest absolute Gasteiger partial charge is 0.462 e. The van der Waals surface area contributed by atoms with Crippen LogP contribution in [0.1, 0.15) is 34.6 Å². The van der Waals surface area contributed by atoms with Gasteiger partial charge in [-0.05, 0) is 0 Å². The van der Waals surface area contributed by atoms with Crippen molar-refractivity contribution in [1.29, 1.82) is 0 Å². The fourth-order valence-electron chi connectivity index (χ4n) is 4.18. The van der Waals surface area contributed by atoms with E-state index < -0.39 is 90.0 Å². The van der Waals surface area contributed by atoms with Crippen molar-refractivity contribution in [3.05, 3.63) is 22.3 Å². The Morgan fingerprint density at radius 1 is 0.800 bits per heavy atom. The molecule has 1 fully saturated rings. The zero-order chi connectivity index (χ0) is 26.4. The zero-order valence-corrected chi connectivity index (χ0v) is 19.7. The van der Waals surface area contributed by atoms with E-state index in [1.54, 1.807) is 6.08 Å². The van der Waals surface area contributed by atoms with E-state index in [1.807, 2.05) is 0 Å². The van der Waals surface area contributed by atoms with Crippen LogP contribution in [0.2, 0.25) is 0 Å². The normalized spacial score (nSPS) is 25.5. The van der Waals surface area contributed by atoms with Gasteiger partial charge < -0.3 is 28.4 Å². The molecule has 0 aromatic heterocycles. The lowest BCUT2D eigenvalue weighted by Crippen LogP contribution is -2.58. The summed E-state index contributed by atoms with van der Waals surface area (Å²) in [5.74, 6) is -5.51. The minimum absolute atomic E-state index is 0.608. The Kier molecular flexibility index (Phi) is 9.28. The molecule has 0 aromatic rings. The number of carbonyl (C=O) groups is 5. The summed E-state index contributed by atoms with van der Waals surface area (Å²) in [6, 6.07) is -1.40. The molecular formula is C21H27NO13. The third kappa shape index (κ3) is 7.21. The number of nitro groups is 1. The second-order valence-corrected chi connectivity index (χ2v) is 7.98. The maximum Gasteiger partial charge on any atom is 0.303 e. The first-order valence-electron chi connectivity index (χ1n) is 10.6. The van der Waals surface area contributed by atoms with Crippen LogP contribution in [0.3, 0.4) is 0 Å². The molecule has 0 N–H and O–H groups in total. The molecule has 2 aliphatic heterocycles. The van der Waals surface area contributed by atoms with Crippen LogP contribution in [0.25, 0.3) is 0 Å². The SMILES string of the molecule is CC(=O)OC[C@@H](OC(C)=O)[C@H](OC(C)=O)[C@H](OC(C)=O)[C@@H](OC(C)=O)[C@@H]1[C@@H]([N+](=O)[O-])[C@@H]2C=C[C@H]1O2. The lowest BCUT2D eigenvalue weighted by molar-refractivity contribution is -0.535. The quantitative estimate of drug-likeness (QED) is 0.120. The van der Waals surface area contributed by atoms with E-state index in [-0.39, 0.29) is 0 Å². The van der Waals surface area contributed by atoms with Crippen molar-refractivity contribution in [2.45, 2.75) is 77.3 Å². The Morgan fingerprint density at radius 3 is 1.80 bits per heavy atom. The number of fused-ring (bicyclic) bond motifs is 2. The lowest BCUT2D eigenvalue weighted by atomic mass is 9.80.